The van der Waals surface area contributed by atoms with Gasteiger partial charge in [0, 0.05) is 12.6 Å². The number of nitrogens with zero attached hydrogens (tertiary/aromatic N) is 3. The van der Waals surface area contributed by atoms with Crippen LogP contribution >= 0.6 is 23.2 Å². The maximum atomic E-state index is 12.5. The van der Waals surface area contributed by atoms with Gasteiger partial charge in [-0.15, -0.1) is 0 Å². The summed E-state index contributed by atoms with van der Waals surface area (Å²) in [5.41, 5.74) is 1.80. The zero-order chi connectivity index (χ0) is 18.1. The Kier molecular flexibility index (Phi) is 4.84. The lowest BCUT2D eigenvalue weighted by atomic mass is 10.2. The third-order valence-corrected chi connectivity index (χ3v) is 5.24. The molecular weight excluding hydrogens is 375 g/mol. The Labute approximate surface area is 159 Å². The van der Waals surface area contributed by atoms with E-state index in [-0.39, 0.29) is 5.56 Å². The smallest absolute Gasteiger partial charge is 0.278 e. The Morgan fingerprint density at radius 3 is 2.96 bits per heavy atom. The number of anilines is 1. The molecule has 0 spiro atoms. The van der Waals surface area contributed by atoms with E-state index in [0.29, 0.717) is 46.2 Å². The molecule has 9 heteroatoms. The van der Waals surface area contributed by atoms with Crippen molar-refractivity contribution in [1.82, 2.24) is 25.1 Å². The number of benzene rings is 1. The monoisotopic (exact) mass is 392 g/mol. The van der Waals surface area contributed by atoms with E-state index >= 15 is 0 Å². The summed E-state index contributed by atoms with van der Waals surface area (Å²) in [6, 6.07) is 5.73. The highest BCUT2D eigenvalue weighted by molar-refractivity contribution is 6.42. The van der Waals surface area contributed by atoms with Crippen molar-refractivity contribution in [2.24, 2.45) is 0 Å². The summed E-state index contributed by atoms with van der Waals surface area (Å²) in [6.45, 7) is 2.15. The van der Waals surface area contributed by atoms with E-state index in [9.17, 15) is 4.79 Å². The molecule has 3 heterocycles. The minimum absolute atomic E-state index is 0.206. The number of fused-ring (bicyclic) bond motifs is 1. The van der Waals surface area contributed by atoms with Crippen molar-refractivity contribution in [3.8, 4) is 0 Å². The molecule has 3 aromatic rings. The zero-order valence-corrected chi connectivity index (χ0v) is 15.4. The molecule has 1 fully saturated rings. The molecule has 2 aromatic heterocycles. The minimum atomic E-state index is -0.206. The number of aromatic nitrogens is 4. The lowest BCUT2D eigenvalue weighted by Gasteiger charge is -2.11. The summed E-state index contributed by atoms with van der Waals surface area (Å²) < 4.78 is 1.73. The van der Waals surface area contributed by atoms with Crippen molar-refractivity contribution in [3.63, 3.8) is 0 Å². The van der Waals surface area contributed by atoms with Crippen LogP contribution in [0.15, 0.2) is 29.2 Å². The Bertz CT molecular complexity index is 993. The van der Waals surface area contributed by atoms with Crippen LogP contribution in [0.4, 0.5) is 5.95 Å². The summed E-state index contributed by atoms with van der Waals surface area (Å²) in [5, 5.41) is 11.8. The van der Waals surface area contributed by atoms with Gasteiger partial charge < -0.3 is 10.6 Å². The van der Waals surface area contributed by atoms with Gasteiger partial charge in [0.2, 0.25) is 5.95 Å². The molecular formula is C17H18Cl2N6O. The van der Waals surface area contributed by atoms with E-state index in [0.717, 1.165) is 24.9 Å². The van der Waals surface area contributed by atoms with Crippen molar-refractivity contribution in [3.05, 3.63) is 50.4 Å². The molecule has 1 aliphatic rings. The number of H-pyrrole nitrogens is 1. The van der Waals surface area contributed by atoms with Gasteiger partial charge in [0.05, 0.1) is 22.8 Å². The number of rotatable bonds is 5. The SMILES string of the molecule is O=c1[nH]c(NCc2ccc(Cl)c(Cl)c2)nc2cnn(CC3CCCN3)c12. The van der Waals surface area contributed by atoms with Gasteiger partial charge >= 0.3 is 0 Å². The molecule has 4 rings (SSSR count). The second kappa shape index (κ2) is 7.26. The molecule has 3 N–H and O–H groups in total. The maximum absolute atomic E-state index is 12.5. The molecule has 0 saturated carbocycles. The first-order valence-electron chi connectivity index (χ1n) is 8.47. The van der Waals surface area contributed by atoms with Crippen LogP contribution in [-0.2, 0) is 13.1 Å². The fourth-order valence-electron chi connectivity index (χ4n) is 3.18. The molecule has 1 saturated heterocycles. The Balaban J connectivity index is 1.53. The van der Waals surface area contributed by atoms with Gasteiger partial charge in [-0.1, -0.05) is 29.3 Å². The van der Waals surface area contributed by atoms with Crippen LogP contribution < -0.4 is 16.2 Å². The lowest BCUT2D eigenvalue weighted by Crippen LogP contribution is -2.28. The highest BCUT2D eigenvalue weighted by Crippen LogP contribution is 2.23. The van der Waals surface area contributed by atoms with Gasteiger partial charge in [-0.25, -0.2) is 4.98 Å². The van der Waals surface area contributed by atoms with Crippen LogP contribution in [0, 0.1) is 0 Å². The molecule has 1 aromatic carbocycles. The topological polar surface area (TPSA) is 87.6 Å². The van der Waals surface area contributed by atoms with Crippen LogP contribution in [-0.4, -0.2) is 32.3 Å². The lowest BCUT2D eigenvalue weighted by molar-refractivity contribution is 0.485. The third kappa shape index (κ3) is 3.56. The molecule has 26 heavy (non-hydrogen) atoms. The first-order valence-corrected chi connectivity index (χ1v) is 9.23. The summed E-state index contributed by atoms with van der Waals surface area (Å²) in [7, 11) is 0. The van der Waals surface area contributed by atoms with Gasteiger partial charge in [-0.05, 0) is 37.1 Å². The molecule has 0 aliphatic carbocycles. The van der Waals surface area contributed by atoms with E-state index in [2.05, 4.69) is 25.7 Å². The minimum Gasteiger partial charge on any atom is -0.352 e. The normalized spacial score (nSPS) is 17.1. The fourth-order valence-corrected chi connectivity index (χ4v) is 3.51. The summed E-state index contributed by atoms with van der Waals surface area (Å²) in [5.74, 6) is 0.395. The number of hydrogen-bond acceptors (Lipinski definition) is 5. The zero-order valence-electron chi connectivity index (χ0n) is 13.9. The Morgan fingerprint density at radius 2 is 2.19 bits per heavy atom. The van der Waals surface area contributed by atoms with Crippen molar-refractivity contribution >= 4 is 40.2 Å². The number of nitrogens with one attached hydrogen (secondary N) is 3. The van der Waals surface area contributed by atoms with Crippen molar-refractivity contribution in [2.45, 2.75) is 32.0 Å². The van der Waals surface area contributed by atoms with Crippen molar-refractivity contribution in [1.29, 1.82) is 0 Å². The quantitative estimate of drug-likeness (QED) is 0.621. The fraction of sp³-hybridized carbons (Fsp3) is 0.353. The van der Waals surface area contributed by atoms with Crippen LogP contribution in [0.2, 0.25) is 10.0 Å². The second-order valence-electron chi connectivity index (χ2n) is 6.37. The number of aromatic amines is 1. The molecule has 0 bridgehead atoms. The van der Waals surface area contributed by atoms with Crippen molar-refractivity contribution in [2.75, 3.05) is 11.9 Å². The molecule has 1 atom stereocenters. The van der Waals surface area contributed by atoms with E-state index in [1.54, 1.807) is 23.0 Å². The van der Waals surface area contributed by atoms with Gasteiger partial charge in [0.1, 0.15) is 5.52 Å². The first-order chi connectivity index (χ1) is 12.6. The van der Waals surface area contributed by atoms with Crippen molar-refractivity contribution < 1.29 is 0 Å². The number of hydrogen-bond donors (Lipinski definition) is 3. The second-order valence-corrected chi connectivity index (χ2v) is 7.18. The average Bonchev–Trinajstić information content (AvgIpc) is 3.27. The third-order valence-electron chi connectivity index (χ3n) is 4.50. The number of halogens is 2. The van der Waals surface area contributed by atoms with E-state index < -0.39 is 0 Å². The predicted molar refractivity (Wildman–Crippen MR) is 103 cm³/mol. The van der Waals surface area contributed by atoms with E-state index in [1.165, 1.54) is 0 Å². The molecule has 7 nitrogen and oxygen atoms in total. The van der Waals surface area contributed by atoms with Gasteiger partial charge in [0.15, 0.2) is 5.52 Å². The molecule has 136 valence electrons. The van der Waals surface area contributed by atoms with Gasteiger partial charge in [-0.2, -0.15) is 5.10 Å². The summed E-state index contributed by atoms with van der Waals surface area (Å²) in [6.07, 6.45) is 3.88. The summed E-state index contributed by atoms with van der Waals surface area (Å²) in [4.78, 5) is 19.7. The van der Waals surface area contributed by atoms with Crippen LogP contribution in [0.25, 0.3) is 11.0 Å². The molecule has 1 unspecified atom stereocenters. The van der Waals surface area contributed by atoms with Gasteiger partial charge in [-0.3, -0.25) is 14.5 Å². The summed E-state index contributed by atoms with van der Waals surface area (Å²) >= 11 is 11.9. The molecule has 0 amide bonds. The average molecular weight is 393 g/mol. The predicted octanol–water partition coefficient (Wildman–Crippen LogP) is 2.79. The molecule has 0 radical (unpaired) electrons. The molecule has 1 aliphatic heterocycles. The van der Waals surface area contributed by atoms with Crippen LogP contribution in [0.3, 0.4) is 0 Å². The largest absolute Gasteiger partial charge is 0.352 e. The van der Waals surface area contributed by atoms with Crippen LogP contribution in [0.1, 0.15) is 18.4 Å². The van der Waals surface area contributed by atoms with E-state index in [1.807, 2.05) is 6.07 Å². The van der Waals surface area contributed by atoms with E-state index in [4.69, 9.17) is 23.2 Å². The van der Waals surface area contributed by atoms with Crippen LogP contribution in [0.5, 0.6) is 0 Å². The van der Waals surface area contributed by atoms with Gasteiger partial charge in [0.25, 0.3) is 5.56 Å². The Morgan fingerprint density at radius 1 is 1.31 bits per heavy atom. The highest BCUT2D eigenvalue weighted by Gasteiger charge is 2.18. The maximum Gasteiger partial charge on any atom is 0.278 e. The first kappa shape index (κ1) is 17.3. The Hall–Kier alpha value is -2.09. The highest BCUT2D eigenvalue weighted by atomic mass is 35.5. The standard InChI is InChI=1S/C17H18Cl2N6O/c18-12-4-3-10(6-13(12)19)7-21-17-23-14-8-22-25(15(14)16(26)24-17)9-11-2-1-5-20-11/h3-4,6,8,11,20H,1-2,5,7,9H2,(H2,21,23,24,26).